The quantitative estimate of drug-likeness (QED) is 0.869. The Morgan fingerprint density at radius 3 is 2.71 bits per heavy atom. The first kappa shape index (κ1) is 14.4. The second-order valence-corrected chi connectivity index (χ2v) is 5.78. The van der Waals surface area contributed by atoms with Crippen LogP contribution in [0, 0.1) is 0 Å². The minimum atomic E-state index is 0.675. The molecule has 3 nitrogen and oxygen atoms in total. The van der Waals surface area contributed by atoms with Crippen LogP contribution in [-0.4, -0.2) is 17.6 Å². The van der Waals surface area contributed by atoms with Gasteiger partial charge in [0.2, 0.25) is 0 Å². The van der Waals surface area contributed by atoms with E-state index >= 15 is 0 Å². The molecule has 1 fully saturated rings. The van der Waals surface area contributed by atoms with Gasteiger partial charge in [-0.05, 0) is 43.5 Å². The number of aromatic nitrogens is 1. The molecule has 0 amide bonds. The summed E-state index contributed by atoms with van der Waals surface area (Å²) in [5.74, 6) is 0.945. The van der Waals surface area contributed by atoms with E-state index in [-0.39, 0.29) is 0 Å². The van der Waals surface area contributed by atoms with Crippen molar-refractivity contribution in [2.45, 2.75) is 32.4 Å². The largest absolute Gasteiger partial charge is 0.327 e. The summed E-state index contributed by atoms with van der Waals surface area (Å²) in [6.07, 6.45) is 4.31. The number of nitrogens with one attached hydrogen (secondary N) is 1. The van der Waals surface area contributed by atoms with Gasteiger partial charge in [-0.25, -0.2) is 4.98 Å². The lowest BCUT2D eigenvalue weighted by Crippen LogP contribution is -2.19. The molecule has 1 N–H and O–H groups in total. The molecule has 0 spiro atoms. The van der Waals surface area contributed by atoms with Crippen LogP contribution in [-0.2, 0) is 6.54 Å². The van der Waals surface area contributed by atoms with Crippen molar-refractivity contribution in [2.24, 2.45) is 0 Å². The second-order valence-electron chi connectivity index (χ2n) is 5.37. The fraction of sp³-hybridized carbons (Fsp3) is 0.353. The molecular formula is C17H20ClN3. The summed E-state index contributed by atoms with van der Waals surface area (Å²) in [7, 11) is 0. The Balaban J connectivity index is 1.84. The van der Waals surface area contributed by atoms with Crippen LogP contribution < -0.4 is 10.2 Å². The molecular weight excluding hydrogens is 282 g/mol. The molecule has 4 heteroatoms. The molecule has 1 aromatic heterocycles. The van der Waals surface area contributed by atoms with Crippen molar-refractivity contribution in [3.05, 3.63) is 53.2 Å². The molecule has 2 aromatic rings. The Kier molecular flexibility index (Phi) is 4.42. The fourth-order valence-corrected chi connectivity index (χ4v) is 2.55. The third kappa shape index (κ3) is 3.55. The molecule has 3 rings (SSSR count). The summed E-state index contributed by atoms with van der Waals surface area (Å²) < 4.78 is 0. The van der Waals surface area contributed by atoms with Crippen molar-refractivity contribution in [1.82, 2.24) is 10.3 Å². The number of halogens is 1. The number of para-hydroxylation sites is 1. The lowest BCUT2D eigenvalue weighted by atomic mass is 10.2. The van der Waals surface area contributed by atoms with Gasteiger partial charge in [-0.15, -0.1) is 0 Å². The lowest BCUT2D eigenvalue weighted by molar-refractivity contribution is 0.687. The standard InChI is InChI=1S/C17H20ClN3/c1-2-21(15-6-4-3-5-7-15)17-10-13(16(18)12-20-17)11-19-14-8-9-14/h3-7,10,12,14,19H,2,8-9,11H2,1H3. The van der Waals surface area contributed by atoms with Gasteiger partial charge in [0.1, 0.15) is 5.82 Å². The Morgan fingerprint density at radius 2 is 2.05 bits per heavy atom. The van der Waals surface area contributed by atoms with E-state index in [0.717, 1.165) is 35.2 Å². The van der Waals surface area contributed by atoms with Gasteiger partial charge < -0.3 is 10.2 Å². The zero-order valence-electron chi connectivity index (χ0n) is 12.2. The molecule has 0 atom stereocenters. The van der Waals surface area contributed by atoms with Crippen molar-refractivity contribution in [1.29, 1.82) is 0 Å². The highest BCUT2D eigenvalue weighted by atomic mass is 35.5. The van der Waals surface area contributed by atoms with E-state index in [1.807, 2.05) is 18.2 Å². The van der Waals surface area contributed by atoms with E-state index in [2.05, 4.69) is 40.3 Å². The molecule has 0 unspecified atom stereocenters. The van der Waals surface area contributed by atoms with Crippen LogP contribution in [0.2, 0.25) is 5.02 Å². The normalized spacial score (nSPS) is 14.2. The van der Waals surface area contributed by atoms with Crippen molar-refractivity contribution < 1.29 is 0 Å². The molecule has 1 heterocycles. The topological polar surface area (TPSA) is 28.2 Å². The summed E-state index contributed by atoms with van der Waals surface area (Å²) in [6.45, 7) is 3.81. The number of anilines is 2. The highest BCUT2D eigenvalue weighted by Crippen LogP contribution is 2.27. The van der Waals surface area contributed by atoms with E-state index < -0.39 is 0 Å². The average Bonchev–Trinajstić information content (AvgIpc) is 3.33. The molecule has 1 aliphatic carbocycles. The van der Waals surface area contributed by atoms with Crippen molar-refractivity contribution >= 4 is 23.1 Å². The lowest BCUT2D eigenvalue weighted by Gasteiger charge is -2.23. The minimum absolute atomic E-state index is 0.675. The van der Waals surface area contributed by atoms with Crippen LogP contribution in [0.25, 0.3) is 0 Å². The molecule has 1 aliphatic rings. The predicted molar refractivity (Wildman–Crippen MR) is 88.2 cm³/mol. The molecule has 0 aliphatic heterocycles. The zero-order chi connectivity index (χ0) is 14.7. The number of nitrogens with zero attached hydrogens (tertiary/aromatic N) is 2. The predicted octanol–water partition coefficient (Wildman–Crippen LogP) is 4.15. The molecule has 0 radical (unpaired) electrons. The molecule has 0 bridgehead atoms. The summed E-state index contributed by atoms with van der Waals surface area (Å²) in [5, 5.41) is 4.24. The second kappa shape index (κ2) is 6.46. The summed E-state index contributed by atoms with van der Waals surface area (Å²) in [5.41, 5.74) is 2.26. The smallest absolute Gasteiger partial charge is 0.133 e. The Morgan fingerprint density at radius 1 is 1.29 bits per heavy atom. The van der Waals surface area contributed by atoms with Crippen LogP contribution in [0.15, 0.2) is 42.6 Å². The zero-order valence-corrected chi connectivity index (χ0v) is 13.0. The van der Waals surface area contributed by atoms with Gasteiger partial charge in [0.25, 0.3) is 0 Å². The van der Waals surface area contributed by atoms with E-state index in [0.29, 0.717) is 6.04 Å². The molecule has 21 heavy (non-hydrogen) atoms. The number of hydrogen-bond acceptors (Lipinski definition) is 3. The summed E-state index contributed by atoms with van der Waals surface area (Å²) in [4.78, 5) is 6.69. The summed E-state index contributed by atoms with van der Waals surface area (Å²) >= 11 is 6.27. The van der Waals surface area contributed by atoms with Crippen molar-refractivity contribution in [3.63, 3.8) is 0 Å². The van der Waals surface area contributed by atoms with E-state index in [1.54, 1.807) is 6.20 Å². The third-order valence-electron chi connectivity index (χ3n) is 3.74. The number of hydrogen-bond donors (Lipinski definition) is 1. The Hall–Kier alpha value is -1.58. The van der Waals surface area contributed by atoms with Gasteiger partial charge in [0.05, 0.1) is 5.02 Å². The van der Waals surface area contributed by atoms with Gasteiger partial charge in [-0.1, -0.05) is 29.8 Å². The fourth-order valence-electron chi connectivity index (χ4n) is 2.38. The maximum Gasteiger partial charge on any atom is 0.133 e. The maximum absolute atomic E-state index is 6.27. The van der Waals surface area contributed by atoms with Gasteiger partial charge in [-0.3, -0.25) is 0 Å². The van der Waals surface area contributed by atoms with Crippen LogP contribution in [0.5, 0.6) is 0 Å². The summed E-state index contributed by atoms with van der Waals surface area (Å²) in [6, 6.07) is 13.1. The molecule has 110 valence electrons. The molecule has 1 aromatic carbocycles. The monoisotopic (exact) mass is 301 g/mol. The Labute approximate surface area is 131 Å². The maximum atomic E-state index is 6.27. The molecule has 0 saturated heterocycles. The SMILES string of the molecule is CCN(c1ccccc1)c1cc(CNC2CC2)c(Cl)cn1. The van der Waals surface area contributed by atoms with Crippen LogP contribution >= 0.6 is 11.6 Å². The minimum Gasteiger partial charge on any atom is -0.327 e. The van der Waals surface area contributed by atoms with Crippen LogP contribution in [0.4, 0.5) is 11.5 Å². The van der Waals surface area contributed by atoms with Gasteiger partial charge >= 0.3 is 0 Å². The number of pyridine rings is 1. The van der Waals surface area contributed by atoms with Crippen molar-refractivity contribution in [3.8, 4) is 0 Å². The number of benzene rings is 1. The molecule has 1 saturated carbocycles. The van der Waals surface area contributed by atoms with Crippen molar-refractivity contribution in [2.75, 3.05) is 11.4 Å². The highest BCUT2D eigenvalue weighted by molar-refractivity contribution is 6.31. The third-order valence-corrected chi connectivity index (χ3v) is 4.08. The van der Waals surface area contributed by atoms with E-state index in [4.69, 9.17) is 11.6 Å². The highest BCUT2D eigenvalue weighted by Gasteiger charge is 2.20. The van der Waals surface area contributed by atoms with E-state index in [1.165, 1.54) is 12.8 Å². The van der Waals surface area contributed by atoms with Crippen LogP contribution in [0.1, 0.15) is 25.3 Å². The van der Waals surface area contributed by atoms with Gasteiger partial charge in [0, 0.05) is 31.0 Å². The Bertz CT molecular complexity index is 596. The van der Waals surface area contributed by atoms with Crippen LogP contribution in [0.3, 0.4) is 0 Å². The first-order chi connectivity index (χ1) is 10.3. The average molecular weight is 302 g/mol. The van der Waals surface area contributed by atoms with Gasteiger partial charge in [-0.2, -0.15) is 0 Å². The van der Waals surface area contributed by atoms with E-state index in [9.17, 15) is 0 Å². The number of rotatable bonds is 6. The first-order valence-electron chi connectivity index (χ1n) is 7.48. The first-order valence-corrected chi connectivity index (χ1v) is 7.86. The van der Waals surface area contributed by atoms with Gasteiger partial charge in [0.15, 0.2) is 0 Å².